The van der Waals surface area contributed by atoms with Gasteiger partial charge in [0.25, 0.3) is 0 Å². The summed E-state index contributed by atoms with van der Waals surface area (Å²) in [5.74, 6) is -0.563. The largest absolute Gasteiger partial charge is 0.381 e. The SMILES string of the molecule is O=CC(O)c1ccccc1F. The van der Waals surface area contributed by atoms with E-state index < -0.39 is 11.9 Å². The van der Waals surface area contributed by atoms with Crippen molar-refractivity contribution in [1.82, 2.24) is 0 Å². The summed E-state index contributed by atoms with van der Waals surface area (Å²) in [6.07, 6.45) is -1.06. The Morgan fingerprint density at radius 2 is 2.09 bits per heavy atom. The van der Waals surface area contributed by atoms with Crippen LogP contribution in [0.25, 0.3) is 0 Å². The smallest absolute Gasteiger partial charge is 0.153 e. The average Bonchev–Trinajstić information content (AvgIpc) is 2.04. The molecule has 1 atom stereocenters. The minimum atomic E-state index is -1.35. The predicted molar refractivity (Wildman–Crippen MR) is 37.4 cm³/mol. The van der Waals surface area contributed by atoms with Gasteiger partial charge in [0.15, 0.2) is 6.29 Å². The van der Waals surface area contributed by atoms with Gasteiger partial charge in [-0.25, -0.2) is 4.39 Å². The number of carbonyl (C=O) groups excluding carboxylic acids is 1. The van der Waals surface area contributed by atoms with Crippen molar-refractivity contribution in [1.29, 1.82) is 0 Å². The van der Waals surface area contributed by atoms with E-state index in [1.165, 1.54) is 18.2 Å². The highest BCUT2D eigenvalue weighted by Gasteiger charge is 2.09. The molecule has 0 fully saturated rings. The first-order valence-electron chi connectivity index (χ1n) is 3.13. The summed E-state index contributed by atoms with van der Waals surface area (Å²) in [5, 5.41) is 8.90. The van der Waals surface area contributed by atoms with Crippen molar-refractivity contribution in [2.24, 2.45) is 0 Å². The number of hydrogen-bond donors (Lipinski definition) is 1. The molecule has 11 heavy (non-hydrogen) atoms. The van der Waals surface area contributed by atoms with Crippen LogP contribution in [0.15, 0.2) is 24.3 Å². The van der Waals surface area contributed by atoms with Gasteiger partial charge in [-0.05, 0) is 6.07 Å². The number of aldehydes is 1. The summed E-state index contributed by atoms with van der Waals surface area (Å²) in [6.45, 7) is 0. The second-order valence-electron chi connectivity index (χ2n) is 2.10. The zero-order chi connectivity index (χ0) is 8.27. The van der Waals surface area contributed by atoms with E-state index in [0.29, 0.717) is 6.29 Å². The zero-order valence-corrected chi connectivity index (χ0v) is 5.70. The number of aliphatic hydroxyl groups excluding tert-OH is 1. The third-order valence-electron chi connectivity index (χ3n) is 1.35. The quantitative estimate of drug-likeness (QED) is 0.646. The highest BCUT2D eigenvalue weighted by atomic mass is 19.1. The number of aliphatic hydroxyl groups is 1. The molecule has 0 amide bonds. The van der Waals surface area contributed by atoms with E-state index in [1.54, 1.807) is 6.07 Å². The van der Waals surface area contributed by atoms with Gasteiger partial charge < -0.3 is 9.90 Å². The lowest BCUT2D eigenvalue weighted by Gasteiger charge is -2.02. The lowest BCUT2D eigenvalue weighted by Crippen LogP contribution is -2.00. The molecule has 1 rings (SSSR count). The second-order valence-corrected chi connectivity index (χ2v) is 2.10. The molecule has 0 aliphatic carbocycles. The van der Waals surface area contributed by atoms with Crippen molar-refractivity contribution >= 4 is 6.29 Å². The van der Waals surface area contributed by atoms with Crippen LogP contribution in [0.1, 0.15) is 11.7 Å². The Morgan fingerprint density at radius 3 is 2.64 bits per heavy atom. The van der Waals surface area contributed by atoms with E-state index in [0.717, 1.165) is 0 Å². The Labute approximate surface area is 63.3 Å². The van der Waals surface area contributed by atoms with Gasteiger partial charge in [0.05, 0.1) is 0 Å². The minimum absolute atomic E-state index is 0.0162. The Balaban J connectivity index is 3.02. The minimum Gasteiger partial charge on any atom is -0.381 e. The van der Waals surface area contributed by atoms with Gasteiger partial charge in [0.1, 0.15) is 11.9 Å². The highest BCUT2D eigenvalue weighted by molar-refractivity contribution is 5.59. The van der Waals surface area contributed by atoms with Crippen LogP contribution in [0.5, 0.6) is 0 Å². The van der Waals surface area contributed by atoms with Crippen LogP contribution in [0.4, 0.5) is 4.39 Å². The van der Waals surface area contributed by atoms with E-state index in [9.17, 15) is 9.18 Å². The molecule has 1 aromatic rings. The summed E-state index contributed by atoms with van der Waals surface area (Å²) < 4.78 is 12.7. The molecule has 0 bridgehead atoms. The molecule has 2 nitrogen and oxygen atoms in total. The molecule has 3 heteroatoms. The summed E-state index contributed by atoms with van der Waals surface area (Å²) in [6, 6.07) is 5.62. The van der Waals surface area contributed by atoms with Crippen LogP contribution in [-0.4, -0.2) is 11.4 Å². The number of halogens is 1. The molecule has 0 aliphatic heterocycles. The van der Waals surface area contributed by atoms with Gasteiger partial charge in [0.2, 0.25) is 0 Å². The molecule has 0 saturated heterocycles. The second kappa shape index (κ2) is 3.25. The van der Waals surface area contributed by atoms with Gasteiger partial charge in [-0.1, -0.05) is 18.2 Å². The molecule has 1 aromatic carbocycles. The van der Waals surface area contributed by atoms with Crippen molar-refractivity contribution in [3.05, 3.63) is 35.6 Å². The van der Waals surface area contributed by atoms with Crippen molar-refractivity contribution < 1.29 is 14.3 Å². The Hall–Kier alpha value is -1.22. The summed E-state index contributed by atoms with van der Waals surface area (Å²) >= 11 is 0. The first-order valence-corrected chi connectivity index (χ1v) is 3.13. The Bertz CT molecular complexity index is 260. The van der Waals surface area contributed by atoms with Crippen molar-refractivity contribution in [3.8, 4) is 0 Å². The molecule has 0 heterocycles. The molecule has 0 radical (unpaired) electrons. The molecule has 1 N–H and O–H groups in total. The third kappa shape index (κ3) is 1.62. The number of rotatable bonds is 2. The van der Waals surface area contributed by atoms with Crippen molar-refractivity contribution in [2.45, 2.75) is 6.10 Å². The number of benzene rings is 1. The molecule has 0 spiro atoms. The molecule has 0 aliphatic rings. The fourth-order valence-electron chi connectivity index (χ4n) is 0.788. The van der Waals surface area contributed by atoms with Crippen LogP contribution < -0.4 is 0 Å². The topological polar surface area (TPSA) is 37.3 Å². The van der Waals surface area contributed by atoms with Crippen LogP contribution in [-0.2, 0) is 4.79 Å². The molecular formula is C8H7FO2. The van der Waals surface area contributed by atoms with Crippen LogP contribution in [0, 0.1) is 5.82 Å². The van der Waals surface area contributed by atoms with Gasteiger partial charge >= 0.3 is 0 Å². The third-order valence-corrected chi connectivity index (χ3v) is 1.35. The van der Waals surface area contributed by atoms with Gasteiger partial charge in [-0.3, -0.25) is 0 Å². The normalized spacial score (nSPS) is 12.5. The standard InChI is InChI=1S/C8H7FO2/c9-7-4-2-1-3-6(7)8(11)5-10/h1-5,8,11H. The van der Waals surface area contributed by atoms with Gasteiger partial charge in [-0.15, -0.1) is 0 Å². The Morgan fingerprint density at radius 1 is 1.45 bits per heavy atom. The van der Waals surface area contributed by atoms with Crippen LogP contribution in [0.3, 0.4) is 0 Å². The predicted octanol–water partition coefficient (Wildman–Crippen LogP) is 1.06. The molecule has 0 saturated carbocycles. The summed E-state index contributed by atoms with van der Waals surface area (Å²) in [5.41, 5.74) is 0.0162. The number of hydrogen-bond acceptors (Lipinski definition) is 2. The van der Waals surface area contributed by atoms with E-state index in [-0.39, 0.29) is 5.56 Å². The van der Waals surface area contributed by atoms with Gasteiger partial charge in [-0.2, -0.15) is 0 Å². The van der Waals surface area contributed by atoms with Crippen LogP contribution >= 0.6 is 0 Å². The Kier molecular flexibility index (Phi) is 2.33. The highest BCUT2D eigenvalue weighted by Crippen LogP contribution is 2.13. The number of carbonyl (C=O) groups is 1. The average molecular weight is 154 g/mol. The fourth-order valence-corrected chi connectivity index (χ4v) is 0.788. The van der Waals surface area contributed by atoms with Crippen molar-refractivity contribution in [2.75, 3.05) is 0 Å². The van der Waals surface area contributed by atoms with E-state index in [1.807, 2.05) is 0 Å². The molecule has 58 valence electrons. The summed E-state index contributed by atoms with van der Waals surface area (Å²) in [4.78, 5) is 10.0. The van der Waals surface area contributed by atoms with Crippen molar-refractivity contribution in [3.63, 3.8) is 0 Å². The van der Waals surface area contributed by atoms with E-state index in [4.69, 9.17) is 5.11 Å². The molecular weight excluding hydrogens is 147 g/mol. The maximum absolute atomic E-state index is 12.7. The first kappa shape index (κ1) is 7.88. The van der Waals surface area contributed by atoms with Gasteiger partial charge in [0, 0.05) is 5.56 Å². The van der Waals surface area contributed by atoms with Crippen LogP contribution in [0.2, 0.25) is 0 Å². The van der Waals surface area contributed by atoms with E-state index >= 15 is 0 Å². The zero-order valence-electron chi connectivity index (χ0n) is 5.70. The lowest BCUT2D eigenvalue weighted by atomic mass is 10.1. The lowest BCUT2D eigenvalue weighted by molar-refractivity contribution is -0.115. The first-order chi connectivity index (χ1) is 5.25. The monoisotopic (exact) mass is 154 g/mol. The fraction of sp³-hybridized carbons (Fsp3) is 0.125. The van der Waals surface area contributed by atoms with E-state index in [2.05, 4.69) is 0 Å². The maximum Gasteiger partial charge on any atom is 0.153 e. The summed E-state index contributed by atoms with van der Waals surface area (Å²) in [7, 11) is 0. The molecule has 1 unspecified atom stereocenters. The molecule has 0 aromatic heterocycles. The maximum atomic E-state index is 12.7.